The molecule has 0 fully saturated rings. The molecule has 0 saturated heterocycles. The molecule has 8 heteroatoms. The minimum Gasteiger partial charge on any atom is -0.479 e. The number of rotatable bonds is 6. The van der Waals surface area contributed by atoms with E-state index in [0.29, 0.717) is 15.7 Å². The molecule has 0 spiro atoms. The summed E-state index contributed by atoms with van der Waals surface area (Å²) in [5, 5.41) is 3.19. The van der Waals surface area contributed by atoms with Gasteiger partial charge in [-0.2, -0.15) is 0 Å². The Kier molecular flexibility index (Phi) is 6.61. The second kappa shape index (κ2) is 8.69. The van der Waals surface area contributed by atoms with Crippen LogP contribution in [0.15, 0.2) is 42.5 Å². The van der Waals surface area contributed by atoms with E-state index in [1.165, 1.54) is 37.3 Å². The van der Waals surface area contributed by atoms with Gasteiger partial charge in [0.1, 0.15) is 0 Å². The quantitative estimate of drug-likeness (QED) is 0.760. The largest absolute Gasteiger partial charge is 0.479 e. The SMILES string of the molecule is C[C@@H](OC(=O)COc1ccccc1F)C(=O)Nc1cc(Cl)ccc1Cl. The molecule has 2 aromatic carbocycles. The van der Waals surface area contributed by atoms with Gasteiger partial charge in [0.2, 0.25) is 0 Å². The molecule has 0 bridgehead atoms. The third kappa shape index (κ3) is 5.62. The van der Waals surface area contributed by atoms with Gasteiger partial charge in [-0.25, -0.2) is 9.18 Å². The van der Waals surface area contributed by atoms with E-state index in [-0.39, 0.29) is 5.75 Å². The molecule has 2 rings (SSSR count). The molecule has 0 heterocycles. The van der Waals surface area contributed by atoms with Gasteiger partial charge in [0.15, 0.2) is 24.3 Å². The van der Waals surface area contributed by atoms with Crippen molar-refractivity contribution in [2.24, 2.45) is 0 Å². The molecule has 0 aromatic heterocycles. The van der Waals surface area contributed by atoms with Gasteiger partial charge in [0.25, 0.3) is 5.91 Å². The molecule has 0 unspecified atom stereocenters. The third-order valence-corrected chi connectivity index (χ3v) is 3.61. The van der Waals surface area contributed by atoms with Crippen molar-refractivity contribution in [1.82, 2.24) is 0 Å². The lowest BCUT2D eigenvalue weighted by Crippen LogP contribution is -2.31. The predicted octanol–water partition coefficient (Wildman–Crippen LogP) is 4.08. The number of nitrogens with one attached hydrogen (secondary N) is 1. The summed E-state index contributed by atoms with van der Waals surface area (Å²) in [5.74, 6) is -2.09. The maximum atomic E-state index is 13.4. The fraction of sp³-hybridized carbons (Fsp3) is 0.176. The maximum absolute atomic E-state index is 13.4. The molecular formula is C17H14Cl2FNO4. The Labute approximate surface area is 153 Å². The highest BCUT2D eigenvalue weighted by atomic mass is 35.5. The van der Waals surface area contributed by atoms with Crippen LogP contribution in [-0.4, -0.2) is 24.6 Å². The summed E-state index contributed by atoms with van der Waals surface area (Å²) in [6.07, 6.45) is -1.10. The zero-order valence-electron chi connectivity index (χ0n) is 13.1. The Bertz CT molecular complexity index is 785. The molecule has 0 radical (unpaired) electrons. The molecule has 0 aliphatic heterocycles. The van der Waals surface area contributed by atoms with Crippen LogP contribution in [-0.2, 0) is 14.3 Å². The van der Waals surface area contributed by atoms with E-state index in [1.54, 1.807) is 12.1 Å². The van der Waals surface area contributed by atoms with Crippen molar-refractivity contribution >= 4 is 40.8 Å². The zero-order valence-corrected chi connectivity index (χ0v) is 14.6. The van der Waals surface area contributed by atoms with Gasteiger partial charge in [-0.05, 0) is 37.3 Å². The van der Waals surface area contributed by atoms with Crippen molar-refractivity contribution in [1.29, 1.82) is 0 Å². The smallest absolute Gasteiger partial charge is 0.344 e. The van der Waals surface area contributed by atoms with Crippen molar-refractivity contribution in [3.63, 3.8) is 0 Å². The summed E-state index contributed by atoms with van der Waals surface area (Å²) in [6.45, 7) is 0.852. The summed E-state index contributed by atoms with van der Waals surface area (Å²) >= 11 is 11.8. The van der Waals surface area contributed by atoms with Gasteiger partial charge < -0.3 is 14.8 Å². The van der Waals surface area contributed by atoms with Gasteiger partial charge in [0, 0.05) is 5.02 Å². The Morgan fingerprint density at radius 2 is 1.92 bits per heavy atom. The monoisotopic (exact) mass is 385 g/mol. The summed E-state index contributed by atoms with van der Waals surface area (Å²) < 4.78 is 23.3. The first kappa shape index (κ1) is 19.0. The second-order valence-corrected chi connectivity index (χ2v) is 5.81. The highest BCUT2D eigenvalue weighted by Gasteiger charge is 2.19. The Morgan fingerprint density at radius 3 is 2.64 bits per heavy atom. The molecule has 0 saturated carbocycles. The maximum Gasteiger partial charge on any atom is 0.344 e. The number of ether oxygens (including phenoxy) is 2. The van der Waals surface area contributed by atoms with E-state index in [9.17, 15) is 14.0 Å². The number of carbonyl (C=O) groups excluding carboxylic acids is 2. The number of hydrogen-bond acceptors (Lipinski definition) is 4. The van der Waals surface area contributed by atoms with Gasteiger partial charge in [-0.1, -0.05) is 35.3 Å². The molecule has 1 amide bonds. The first-order valence-electron chi connectivity index (χ1n) is 7.19. The molecular weight excluding hydrogens is 372 g/mol. The molecule has 1 N–H and O–H groups in total. The van der Waals surface area contributed by atoms with Crippen LogP contribution < -0.4 is 10.1 Å². The Hall–Kier alpha value is -2.31. The molecule has 25 heavy (non-hydrogen) atoms. The van der Waals surface area contributed by atoms with Gasteiger partial charge in [0.05, 0.1) is 10.7 Å². The van der Waals surface area contributed by atoms with Crippen LogP contribution in [0, 0.1) is 5.82 Å². The number of hydrogen-bond donors (Lipinski definition) is 1. The van der Waals surface area contributed by atoms with Crippen LogP contribution in [0.1, 0.15) is 6.92 Å². The fourth-order valence-electron chi connectivity index (χ4n) is 1.81. The van der Waals surface area contributed by atoms with Crippen molar-refractivity contribution in [2.75, 3.05) is 11.9 Å². The fourth-order valence-corrected chi connectivity index (χ4v) is 2.15. The number of carbonyl (C=O) groups is 2. The van der Waals surface area contributed by atoms with Crippen LogP contribution in [0.2, 0.25) is 10.0 Å². The number of amides is 1. The van der Waals surface area contributed by atoms with Crippen molar-refractivity contribution in [2.45, 2.75) is 13.0 Å². The average molecular weight is 386 g/mol. The highest BCUT2D eigenvalue weighted by Crippen LogP contribution is 2.25. The molecule has 2 aromatic rings. The molecule has 5 nitrogen and oxygen atoms in total. The van der Waals surface area contributed by atoms with Crippen molar-refractivity contribution in [3.05, 3.63) is 58.3 Å². The first-order valence-corrected chi connectivity index (χ1v) is 7.95. The third-order valence-electron chi connectivity index (χ3n) is 3.05. The van der Waals surface area contributed by atoms with Gasteiger partial charge >= 0.3 is 5.97 Å². The van der Waals surface area contributed by atoms with Gasteiger partial charge in [-0.15, -0.1) is 0 Å². The van der Waals surface area contributed by atoms with Crippen LogP contribution in [0.5, 0.6) is 5.75 Å². The van der Waals surface area contributed by atoms with E-state index >= 15 is 0 Å². The molecule has 132 valence electrons. The van der Waals surface area contributed by atoms with Crippen molar-refractivity contribution < 1.29 is 23.5 Å². The summed E-state index contributed by atoms with van der Waals surface area (Å²) in [6, 6.07) is 10.2. The van der Waals surface area contributed by atoms with Crippen molar-refractivity contribution in [3.8, 4) is 5.75 Å². The number of anilines is 1. The molecule has 0 aliphatic carbocycles. The number of benzene rings is 2. The topological polar surface area (TPSA) is 64.6 Å². The predicted molar refractivity (Wildman–Crippen MR) is 92.5 cm³/mol. The number of para-hydroxylation sites is 1. The minimum absolute atomic E-state index is 0.0812. The Morgan fingerprint density at radius 1 is 1.20 bits per heavy atom. The first-order chi connectivity index (χ1) is 11.9. The van der Waals surface area contributed by atoms with E-state index in [2.05, 4.69) is 5.32 Å². The van der Waals surface area contributed by atoms with Crippen LogP contribution in [0.25, 0.3) is 0 Å². The summed E-state index contributed by atoms with van der Waals surface area (Å²) in [7, 11) is 0. The van der Waals surface area contributed by atoms with E-state index in [1.807, 2.05) is 0 Å². The summed E-state index contributed by atoms with van der Waals surface area (Å²) in [4.78, 5) is 23.8. The molecule has 1 atom stereocenters. The second-order valence-electron chi connectivity index (χ2n) is 4.96. The Balaban J connectivity index is 1.87. The van der Waals surface area contributed by atoms with E-state index in [4.69, 9.17) is 32.7 Å². The highest BCUT2D eigenvalue weighted by molar-refractivity contribution is 6.35. The average Bonchev–Trinajstić information content (AvgIpc) is 2.57. The number of esters is 1. The van der Waals surface area contributed by atoms with Crippen LogP contribution in [0.3, 0.4) is 0 Å². The lowest BCUT2D eigenvalue weighted by molar-refractivity contribution is -0.155. The lowest BCUT2D eigenvalue weighted by atomic mass is 10.3. The van der Waals surface area contributed by atoms with Crippen LogP contribution in [0.4, 0.5) is 10.1 Å². The zero-order chi connectivity index (χ0) is 18.4. The molecule has 0 aliphatic rings. The lowest BCUT2D eigenvalue weighted by Gasteiger charge is -2.14. The van der Waals surface area contributed by atoms with E-state index in [0.717, 1.165) is 0 Å². The normalized spacial score (nSPS) is 11.5. The van der Waals surface area contributed by atoms with Crippen LogP contribution >= 0.6 is 23.2 Å². The standard InChI is InChI=1S/C17H14Cl2FNO4/c1-10(17(23)21-14-8-11(18)6-7-12(14)19)25-16(22)9-24-15-5-3-2-4-13(15)20/h2-8,10H,9H2,1H3,(H,21,23)/t10-/m1/s1. The summed E-state index contributed by atoms with van der Waals surface area (Å²) in [5.41, 5.74) is 0.296. The van der Waals surface area contributed by atoms with E-state index < -0.39 is 30.4 Å². The minimum atomic E-state index is -1.10. The van der Waals surface area contributed by atoms with Gasteiger partial charge in [-0.3, -0.25) is 4.79 Å². The number of halogens is 3.